The molecule has 0 amide bonds. The predicted molar refractivity (Wildman–Crippen MR) is 202 cm³/mol. The standard InChI is InChI=1S/C37H44N5O9PSi/c1-36(2,3)53(6,7)51-31-30(50-52(44)45)28(49-34(31)42-22-39-29-32(42)40-35(38)41-33(29)43)21-48-37(23-11-9-8-10-12-23,24-13-17-26(46-4)18-14-24)25-15-19-27(47-5)20-16-25/h8-20,22,28,30-31,34H,21H2,1-7H3,(H3-,38,40,41,43,44,45)/p+1/t28-,30-,31-,34-/m1/s1. The van der Waals surface area contributed by atoms with Gasteiger partial charge < -0.3 is 29.1 Å². The van der Waals surface area contributed by atoms with Gasteiger partial charge >= 0.3 is 8.25 Å². The van der Waals surface area contributed by atoms with Crippen LogP contribution in [0.4, 0.5) is 5.95 Å². The first kappa shape index (κ1) is 38.3. The van der Waals surface area contributed by atoms with Crippen molar-refractivity contribution in [1.29, 1.82) is 0 Å². The zero-order valence-corrected chi connectivity index (χ0v) is 32.6. The maximum Gasteiger partial charge on any atom is 0.695 e. The van der Waals surface area contributed by atoms with Gasteiger partial charge in [-0.2, -0.15) is 4.98 Å². The number of rotatable bonds is 13. The Bertz CT molecular complexity index is 2060. The number of aromatic nitrogens is 4. The molecule has 0 bridgehead atoms. The Kier molecular flexibility index (Phi) is 10.9. The van der Waals surface area contributed by atoms with E-state index in [1.807, 2.05) is 78.9 Å². The molecule has 16 heteroatoms. The number of benzene rings is 3. The van der Waals surface area contributed by atoms with Gasteiger partial charge in [-0.25, -0.2) is 4.98 Å². The fourth-order valence-electron chi connectivity index (χ4n) is 6.35. The second-order valence-corrected chi connectivity index (χ2v) is 19.7. The van der Waals surface area contributed by atoms with Crippen molar-refractivity contribution in [1.82, 2.24) is 19.5 Å². The number of nitrogens with one attached hydrogen (secondary N) is 1. The Labute approximate surface area is 309 Å². The predicted octanol–water partition coefficient (Wildman–Crippen LogP) is 6.05. The van der Waals surface area contributed by atoms with Gasteiger partial charge in [0.1, 0.15) is 29.3 Å². The van der Waals surface area contributed by atoms with E-state index in [0.29, 0.717) is 11.5 Å². The largest absolute Gasteiger partial charge is 0.695 e. The van der Waals surface area contributed by atoms with Gasteiger partial charge in [0.2, 0.25) is 5.95 Å². The second kappa shape index (κ2) is 15.1. The number of nitrogen functional groups attached to an aromatic ring is 1. The van der Waals surface area contributed by atoms with Gasteiger partial charge in [0.05, 0.1) is 27.2 Å². The van der Waals surface area contributed by atoms with Crippen molar-refractivity contribution in [2.45, 2.75) is 69.0 Å². The van der Waals surface area contributed by atoms with Gasteiger partial charge in [-0.05, 0) is 59.1 Å². The Morgan fingerprint density at radius 1 is 0.925 bits per heavy atom. The SMILES string of the molecule is COc1ccc(C(OC[C@H]2O[C@@H](n3cnc4c(=O)[nH]c(N)nc43)[C@H](O[Si](C)(C)C(C)(C)C)[C@@H]2O[P+](=O)O)(c2ccccc2)c2ccc(OC)cc2)cc1. The number of imidazole rings is 1. The van der Waals surface area contributed by atoms with Crippen LogP contribution in [0.15, 0.2) is 90.0 Å². The number of H-pyrrole nitrogens is 1. The molecular formula is C37H45N5O9PSi+. The number of hydrogen-bond acceptors (Lipinski definition) is 11. The molecule has 0 radical (unpaired) electrons. The van der Waals surface area contributed by atoms with Crippen molar-refractivity contribution in [3.8, 4) is 11.5 Å². The minimum atomic E-state index is -3.13. The number of aromatic amines is 1. The molecular weight excluding hydrogens is 717 g/mol. The maximum atomic E-state index is 12.8. The quantitative estimate of drug-likeness (QED) is 0.0719. The highest BCUT2D eigenvalue weighted by molar-refractivity contribution is 7.32. The molecule has 1 fully saturated rings. The molecule has 4 N–H and O–H groups in total. The van der Waals surface area contributed by atoms with Crippen molar-refractivity contribution >= 4 is 33.7 Å². The summed E-state index contributed by atoms with van der Waals surface area (Å²) in [5.41, 5.74) is 6.78. The van der Waals surface area contributed by atoms with E-state index in [-0.39, 0.29) is 28.8 Å². The number of anilines is 1. The summed E-state index contributed by atoms with van der Waals surface area (Å²) in [7, 11) is -2.55. The third kappa shape index (κ3) is 7.51. The van der Waals surface area contributed by atoms with Crippen LogP contribution in [0.1, 0.15) is 43.7 Å². The number of methoxy groups -OCH3 is 2. The van der Waals surface area contributed by atoms with E-state index in [2.05, 4.69) is 48.8 Å². The average Bonchev–Trinajstić information content (AvgIpc) is 3.69. The van der Waals surface area contributed by atoms with Gasteiger partial charge in [-0.1, -0.05) is 75.4 Å². The van der Waals surface area contributed by atoms with Gasteiger partial charge in [-0.15, -0.1) is 9.42 Å². The zero-order valence-electron chi connectivity index (χ0n) is 30.7. The summed E-state index contributed by atoms with van der Waals surface area (Å²) in [6.07, 6.45) is -2.63. The molecule has 1 unspecified atom stereocenters. The molecule has 1 saturated heterocycles. The first-order chi connectivity index (χ1) is 25.2. The minimum Gasteiger partial charge on any atom is -0.497 e. The van der Waals surface area contributed by atoms with Crippen LogP contribution in [-0.2, 0) is 28.6 Å². The molecule has 280 valence electrons. The molecule has 0 spiro atoms. The van der Waals surface area contributed by atoms with E-state index >= 15 is 0 Å². The second-order valence-electron chi connectivity index (χ2n) is 14.3. The Balaban J connectivity index is 1.50. The lowest BCUT2D eigenvalue weighted by Gasteiger charge is -2.40. The Morgan fingerprint density at radius 2 is 1.49 bits per heavy atom. The Hall–Kier alpha value is -4.47. The maximum absolute atomic E-state index is 12.8. The summed E-state index contributed by atoms with van der Waals surface area (Å²) in [5.74, 6) is 1.22. The average molecular weight is 763 g/mol. The van der Waals surface area contributed by atoms with Gasteiger partial charge in [0, 0.05) is 4.57 Å². The minimum absolute atomic E-state index is 0.0429. The zero-order chi connectivity index (χ0) is 38.1. The summed E-state index contributed by atoms with van der Waals surface area (Å²) >= 11 is 0. The summed E-state index contributed by atoms with van der Waals surface area (Å²) in [6, 6.07) is 24.9. The van der Waals surface area contributed by atoms with Gasteiger partial charge in [-0.3, -0.25) is 14.3 Å². The molecule has 6 rings (SSSR count). The Morgan fingerprint density at radius 3 is 2.02 bits per heavy atom. The van der Waals surface area contributed by atoms with Crippen LogP contribution in [0.25, 0.3) is 11.2 Å². The smallest absolute Gasteiger partial charge is 0.497 e. The molecule has 0 aliphatic carbocycles. The molecule has 3 heterocycles. The highest BCUT2D eigenvalue weighted by Crippen LogP contribution is 2.47. The number of nitrogens with zero attached hydrogens (tertiary/aromatic N) is 3. The van der Waals surface area contributed by atoms with Crippen LogP contribution in [0.2, 0.25) is 18.1 Å². The van der Waals surface area contributed by atoms with Crippen LogP contribution in [0.3, 0.4) is 0 Å². The fraction of sp³-hybridized carbons (Fsp3) is 0.378. The molecule has 0 saturated carbocycles. The molecule has 53 heavy (non-hydrogen) atoms. The van der Waals surface area contributed by atoms with Crippen LogP contribution in [0.5, 0.6) is 11.5 Å². The number of nitrogens with two attached hydrogens (primary N) is 1. The van der Waals surface area contributed by atoms with Crippen molar-refractivity contribution < 1.29 is 37.4 Å². The molecule has 1 aliphatic rings. The first-order valence-corrected chi connectivity index (χ1v) is 21.1. The van der Waals surface area contributed by atoms with E-state index in [4.69, 9.17) is 33.6 Å². The highest BCUT2D eigenvalue weighted by atomic mass is 31.1. The van der Waals surface area contributed by atoms with Crippen molar-refractivity contribution in [3.05, 3.63) is 112 Å². The lowest BCUT2D eigenvalue weighted by molar-refractivity contribution is -0.0920. The molecule has 5 atom stereocenters. The van der Waals surface area contributed by atoms with E-state index < -0.39 is 52.3 Å². The monoisotopic (exact) mass is 762 g/mol. The van der Waals surface area contributed by atoms with E-state index in [1.54, 1.807) is 18.8 Å². The van der Waals surface area contributed by atoms with Gasteiger partial charge in [0.15, 0.2) is 31.8 Å². The van der Waals surface area contributed by atoms with Crippen LogP contribution in [-0.4, -0.2) is 71.9 Å². The van der Waals surface area contributed by atoms with Crippen LogP contribution >= 0.6 is 8.25 Å². The molecule has 3 aromatic carbocycles. The van der Waals surface area contributed by atoms with E-state index in [1.165, 1.54) is 6.33 Å². The molecule has 14 nitrogen and oxygen atoms in total. The van der Waals surface area contributed by atoms with Crippen LogP contribution in [0, 0.1) is 0 Å². The lowest BCUT2D eigenvalue weighted by atomic mass is 9.80. The molecule has 2 aromatic heterocycles. The van der Waals surface area contributed by atoms with E-state index in [0.717, 1.165) is 16.7 Å². The van der Waals surface area contributed by atoms with Crippen molar-refractivity contribution in [2.75, 3.05) is 26.6 Å². The highest BCUT2D eigenvalue weighted by Gasteiger charge is 2.56. The van der Waals surface area contributed by atoms with Crippen molar-refractivity contribution in [3.63, 3.8) is 0 Å². The van der Waals surface area contributed by atoms with Crippen LogP contribution < -0.4 is 20.8 Å². The number of ether oxygens (including phenoxy) is 4. The lowest BCUT2D eigenvalue weighted by Crippen LogP contribution is -2.49. The molecule has 5 aromatic rings. The summed E-state index contributed by atoms with van der Waals surface area (Å²) < 4.78 is 51.7. The van der Waals surface area contributed by atoms with Crippen molar-refractivity contribution in [2.24, 2.45) is 0 Å². The summed E-state index contributed by atoms with van der Waals surface area (Å²) in [6.45, 7) is 10.2. The third-order valence-corrected chi connectivity index (χ3v) is 15.0. The first-order valence-electron chi connectivity index (χ1n) is 17.1. The number of hydrogen-bond donors (Lipinski definition) is 3. The fourth-order valence-corrected chi connectivity index (χ4v) is 8.10. The summed E-state index contributed by atoms with van der Waals surface area (Å²) in [4.78, 5) is 34.2. The normalized spacial score (nSPS) is 19.7. The molecule has 1 aliphatic heterocycles. The van der Waals surface area contributed by atoms with E-state index in [9.17, 15) is 14.3 Å². The summed E-state index contributed by atoms with van der Waals surface area (Å²) in [5, 5.41) is -0.264. The van der Waals surface area contributed by atoms with Gasteiger partial charge in [0.25, 0.3) is 5.56 Å². The topological polar surface area (TPSA) is 182 Å². The number of fused-ring (bicyclic) bond motifs is 1. The third-order valence-electron chi connectivity index (χ3n) is 10.1.